The first-order chi connectivity index (χ1) is 16.1. The van der Waals surface area contributed by atoms with E-state index in [1.807, 2.05) is 54.7 Å². The fraction of sp³-hybridized carbons (Fsp3) is 0.269. The molecule has 0 fully saturated rings. The van der Waals surface area contributed by atoms with Crippen molar-refractivity contribution in [2.75, 3.05) is 21.3 Å². The van der Waals surface area contributed by atoms with Crippen LogP contribution in [0, 0.1) is 0 Å². The zero-order chi connectivity index (χ0) is 22.9. The summed E-state index contributed by atoms with van der Waals surface area (Å²) >= 11 is 0. The van der Waals surface area contributed by atoms with Crippen LogP contribution in [0.15, 0.2) is 54.7 Å². The summed E-state index contributed by atoms with van der Waals surface area (Å²) in [5, 5.41) is 4.70. The molecule has 2 aromatic heterocycles. The molecule has 0 saturated heterocycles. The first-order valence-electron chi connectivity index (χ1n) is 10.8. The molecular formula is C26H25N3O4. The molecule has 0 aliphatic heterocycles. The molecule has 5 rings (SSSR count). The van der Waals surface area contributed by atoms with E-state index in [1.165, 1.54) is 0 Å². The van der Waals surface area contributed by atoms with Crippen LogP contribution >= 0.6 is 0 Å². The molecule has 0 N–H and O–H groups in total. The number of aromatic nitrogens is 3. The molecule has 33 heavy (non-hydrogen) atoms. The summed E-state index contributed by atoms with van der Waals surface area (Å²) in [6, 6.07) is 15.7. The summed E-state index contributed by atoms with van der Waals surface area (Å²) in [6.45, 7) is 0.336. The van der Waals surface area contributed by atoms with Gasteiger partial charge in [0, 0.05) is 19.7 Å². The van der Waals surface area contributed by atoms with Gasteiger partial charge in [-0.15, -0.1) is 0 Å². The smallest absolute Gasteiger partial charge is 0.166 e. The number of hydrogen-bond acceptors (Lipinski definition) is 6. The van der Waals surface area contributed by atoms with Crippen molar-refractivity contribution in [2.24, 2.45) is 0 Å². The van der Waals surface area contributed by atoms with E-state index in [0.717, 1.165) is 39.6 Å². The van der Waals surface area contributed by atoms with Gasteiger partial charge in [-0.05, 0) is 47.7 Å². The number of methoxy groups -OCH3 is 3. The van der Waals surface area contributed by atoms with Gasteiger partial charge >= 0.3 is 0 Å². The third-order valence-corrected chi connectivity index (χ3v) is 6.16. The van der Waals surface area contributed by atoms with E-state index in [4.69, 9.17) is 24.3 Å². The molecule has 0 bridgehead atoms. The van der Waals surface area contributed by atoms with Gasteiger partial charge in [0.05, 0.1) is 43.3 Å². The second-order valence-corrected chi connectivity index (χ2v) is 8.16. The Bertz CT molecular complexity index is 1330. The number of carbonyl (C=O) groups is 1. The molecule has 0 amide bonds. The van der Waals surface area contributed by atoms with Gasteiger partial charge in [0.25, 0.3) is 0 Å². The van der Waals surface area contributed by atoms with E-state index >= 15 is 0 Å². The monoisotopic (exact) mass is 443 g/mol. The van der Waals surface area contributed by atoms with Crippen LogP contribution in [-0.4, -0.2) is 41.7 Å². The van der Waals surface area contributed by atoms with Gasteiger partial charge in [0.15, 0.2) is 11.4 Å². The summed E-state index contributed by atoms with van der Waals surface area (Å²) in [7, 11) is 4.93. The number of nitrogens with zero attached hydrogens (tertiary/aromatic N) is 3. The lowest BCUT2D eigenvalue weighted by Gasteiger charge is -2.23. The van der Waals surface area contributed by atoms with Crippen molar-refractivity contribution in [3.63, 3.8) is 0 Å². The van der Waals surface area contributed by atoms with Gasteiger partial charge in [-0.3, -0.25) is 4.79 Å². The molecule has 1 aliphatic rings. The van der Waals surface area contributed by atoms with E-state index in [-0.39, 0.29) is 11.7 Å². The van der Waals surface area contributed by atoms with Crippen LogP contribution in [0.5, 0.6) is 11.5 Å². The number of ether oxygens (including phenoxy) is 3. The summed E-state index contributed by atoms with van der Waals surface area (Å²) in [4.78, 5) is 18.0. The number of carbonyl (C=O) groups excluding carboxylic acids is 1. The van der Waals surface area contributed by atoms with Gasteiger partial charge in [-0.1, -0.05) is 24.3 Å². The fourth-order valence-corrected chi connectivity index (χ4v) is 4.50. The highest BCUT2D eigenvalue weighted by atomic mass is 16.5. The summed E-state index contributed by atoms with van der Waals surface area (Å²) in [5.41, 5.74) is 5.84. The Kier molecular flexibility index (Phi) is 5.56. The highest BCUT2D eigenvalue weighted by molar-refractivity contribution is 5.99. The third-order valence-electron chi connectivity index (χ3n) is 6.16. The first-order valence-corrected chi connectivity index (χ1v) is 10.8. The van der Waals surface area contributed by atoms with Crippen molar-refractivity contribution in [3.05, 3.63) is 77.2 Å². The zero-order valence-electron chi connectivity index (χ0n) is 18.9. The lowest BCUT2D eigenvalue weighted by molar-refractivity contribution is 0.0962. The normalized spacial score (nSPS) is 15.5. The topological polar surface area (TPSA) is 75.0 Å². The molecule has 0 spiro atoms. The molecule has 1 unspecified atom stereocenters. The molecule has 4 aromatic rings. The van der Waals surface area contributed by atoms with Crippen LogP contribution in [0.4, 0.5) is 0 Å². The number of hydrogen-bond donors (Lipinski definition) is 0. The molecule has 0 radical (unpaired) electrons. The third kappa shape index (κ3) is 3.85. The lowest BCUT2D eigenvalue weighted by atomic mass is 9.82. The average Bonchev–Trinajstić information content (AvgIpc) is 3.20. The second-order valence-electron chi connectivity index (χ2n) is 8.16. The van der Waals surface area contributed by atoms with Crippen molar-refractivity contribution in [1.82, 2.24) is 14.6 Å². The minimum absolute atomic E-state index is 0.0764. The summed E-state index contributed by atoms with van der Waals surface area (Å²) in [5.74, 6) is 1.71. The SMILES string of the molecule is COCc1nn2cc3c(nc2c1-c1cccc(OC)c1)CC(c1ccc(OC)cc1)CC3=O. The number of Topliss-reactive ketones (excluding diaryl/α,β-unsaturated/α-hetero) is 1. The molecule has 168 valence electrons. The summed E-state index contributed by atoms with van der Waals surface area (Å²) in [6.07, 6.45) is 2.95. The predicted octanol–water partition coefficient (Wildman–Crippen LogP) is 4.47. The second kappa shape index (κ2) is 8.67. The fourth-order valence-electron chi connectivity index (χ4n) is 4.50. The Morgan fingerprint density at radius 3 is 2.52 bits per heavy atom. The first kappa shape index (κ1) is 21.2. The highest BCUT2D eigenvalue weighted by Crippen LogP contribution is 2.35. The van der Waals surface area contributed by atoms with Gasteiger partial charge in [-0.25, -0.2) is 9.50 Å². The maximum atomic E-state index is 13.1. The lowest BCUT2D eigenvalue weighted by Crippen LogP contribution is -2.21. The maximum Gasteiger partial charge on any atom is 0.166 e. The van der Waals surface area contributed by atoms with Crippen LogP contribution < -0.4 is 9.47 Å². The Balaban J connectivity index is 1.61. The van der Waals surface area contributed by atoms with Gasteiger partial charge in [0.2, 0.25) is 0 Å². The van der Waals surface area contributed by atoms with Crippen LogP contribution in [0.3, 0.4) is 0 Å². The standard InChI is InChI=1S/C26H25N3O4/c1-31-15-23-25(17-5-4-6-20(11-17)33-3)26-27-22-12-18(16-7-9-19(32-2)10-8-16)13-24(30)21(22)14-29(26)28-23/h4-11,14,18H,12-13,15H2,1-3H3. The molecule has 7 nitrogen and oxygen atoms in total. The maximum absolute atomic E-state index is 13.1. The molecule has 2 heterocycles. The Labute approximate surface area is 191 Å². The van der Waals surface area contributed by atoms with Gasteiger partial charge in [0.1, 0.15) is 11.5 Å². The largest absolute Gasteiger partial charge is 0.497 e. The molecule has 0 saturated carbocycles. The van der Waals surface area contributed by atoms with Crippen molar-refractivity contribution < 1.29 is 19.0 Å². The number of fused-ring (bicyclic) bond motifs is 2. The average molecular weight is 444 g/mol. The van der Waals surface area contributed by atoms with Crippen LogP contribution in [0.25, 0.3) is 16.8 Å². The Morgan fingerprint density at radius 2 is 1.79 bits per heavy atom. The van der Waals surface area contributed by atoms with Crippen LogP contribution in [0.1, 0.15) is 39.6 Å². The van der Waals surface area contributed by atoms with E-state index in [0.29, 0.717) is 30.7 Å². The van der Waals surface area contributed by atoms with Crippen LogP contribution in [-0.2, 0) is 17.8 Å². The van der Waals surface area contributed by atoms with Crippen molar-refractivity contribution in [2.45, 2.75) is 25.4 Å². The summed E-state index contributed by atoms with van der Waals surface area (Å²) < 4.78 is 17.8. The van der Waals surface area contributed by atoms with E-state index in [9.17, 15) is 4.79 Å². The quantitative estimate of drug-likeness (QED) is 0.438. The number of ketones is 1. The zero-order valence-corrected chi connectivity index (χ0v) is 18.9. The molecular weight excluding hydrogens is 418 g/mol. The van der Waals surface area contributed by atoms with E-state index in [1.54, 1.807) is 25.8 Å². The Morgan fingerprint density at radius 1 is 1.00 bits per heavy atom. The Hall–Kier alpha value is -3.71. The number of benzene rings is 2. The van der Waals surface area contributed by atoms with Crippen molar-refractivity contribution >= 4 is 11.4 Å². The number of rotatable bonds is 6. The molecule has 1 atom stereocenters. The van der Waals surface area contributed by atoms with Crippen LogP contribution in [0.2, 0.25) is 0 Å². The van der Waals surface area contributed by atoms with Gasteiger partial charge < -0.3 is 14.2 Å². The van der Waals surface area contributed by atoms with Crippen molar-refractivity contribution in [1.29, 1.82) is 0 Å². The molecule has 1 aliphatic carbocycles. The van der Waals surface area contributed by atoms with Gasteiger partial charge in [-0.2, -0.15) is 5.10 Å². The molecule has 2 aromatic carbocycles. The minimum atomic E-state index is 0.0764. The minimum Gasteiger partial charge on any atom is -0.497 e. The molecule has 7 heteroatoms. The van der Waals surface area contributed by atoms with E-state index < -0.39 is 0 Å². The predicted molar refractivity (Wildman–Crippen MR) is 124 cm³/mol. The van der Waals surface area contributed by atoms with E-state index in [2.05, 4.69) is 0 Å². The highest BCUT2D eigenvalue weighted by Gasteiger charge is 2.29. The van der Waals surface area contributed by atoms with Crippen molar-refractivity contribution in [3.8, 4) is 22.6 Å².